The molecule has 0 spiro atoms. The molecule has 176 valence electrons. The summed E-state index contributed by atoms with van der Waals surface area (Å²) in [6, 6.07) is 37.3. The van der Waals surface area contributed by atoms with Gasteiger partial charge in [-0.25, -0.2) is 0 Å². The van der Waals surface area contributed by atoms with E-state index in [1.807, 2.05) is 0 Å². The fourth-order valence-electron chi connectivity index (χ4n) is 4.09. The molecule has 34 heavy (non-hydrogen) atoms. The maximum atomic E-state index is 9.75. The van der Waals surface area contributed by atoms with Crippen LogP contribution in [0.2, 0.25) is 0 Å². The Hall–Kier alpha value is -3.41. The molecule has 0 fully saturated rings. The number of hydrogen-bond donors (Lipinski definition) is 0. The van der Waals surface area contributed by atoms with E-state index in [0.717, 1.165) is 12.8 Å². The second kappa shape index (κ2) is 11.6. The van der Waals surface area contributed by atoms with Gasteiger partial charge in [0.25, 0.3) is 0 Å². The molecule has 1 unspecified atom stereocenters. The maximum Gasteiger partial charge on any atom is 0.673 e. The SMILES string of the molecule is CCCC(C)[n+]1c(-c2ccccc2)cc(-c2ccccc2)cc1-c1ccccc1.F[B-](F)(F)F. The molecule has 6 heteroatoms. The van der Waals surface area contributed by atoms with E-state index < -0.39 is 7.25 Å². The zero-order chi connectivity index (χ0) is 24.6. The summed E-state index contributed by atoms with van der Waals surface area (Å²) < 4.78 is 41.5. The van der Waals surface area contributed by atoms with Gasteiger partial charge in [-0.2, -0.15) is 4.57 Å². The quantitative estimate of drug-likeness (QED) is 0.152. The van der Waals surface area contributed by atoms with Gasteiger partial charge in [0.1, 0.15) is 0 Å². The normalized spacial score (nSPS) is 11.9. The Morgan fingerprint density at radius 2 is 0.971 bits per heavy atom. The molecule has 0 saturated heterocycles. The molecule has 0 radical (unpaired) electrons. The van der Waals surface area contributed by atoms with Gasteiger partial charge in [0.15, 0.2) is 6.04 Å². The number of nitrogens with zero attached hydrogens (tertiary/aromatic N) is 1. The lowest BCUT2D eigenvalue weighted by Crippen LogP contribution is -2.42. The van der Waals surface area contributed by atoms with Gasteiger partial charge >= 0.3 is 7.25 Å². The van der Waals surface area contributed by atoms with Gasteiger partial charge in [-0.3, -0.25) is 0 Å². The number of benzene rings is 3. The predicted octanol–water partition coefficient (Wildman–Crippen LogP) is 8.64. The summed E-state index contributed by atoms with van der Waals surface area (Å²) in [5.41, 5.74) is 7.55. The second-order valence-electron chi connectivity index (χ2n) is 8.12. The Kier molecular flexibility index (Phi) is 8.64. The number of pyridine rings is 1. The van der Waals surface area contributed by atoms with Gasteiger partial charge in [-0.05, 0) is 48.7 Å². The number of hydrogen-bond acceptors (Lipinski definition) is 0. The largest absolute Gasteiger partial charge is 0.673 e. The molecule has 0 aliphatic heterocycles. The Bertz CT molecular complexity index is 1100. The monoisotopic (exact) mass is 465 g/mol. The van der Waals surface area contributed by atoms with Crippen LogP contribution in [0.1, 0.15) is 32.7 Å². The molecular formula is C28H28BF4N. The lowest BCUT2D eigenvalue weighted by Gasteiger charge is -2.17. The number of aromatic nitrogens is 1. The van der Waals surface area contributed by atoms with Gasteiger partial charge in [0.05, 0.1) is 0 Å². The molecule has 1 nitrogen and oxygen atoms in total. The van der Waals surface area contributed by atoms with E-state index in [1.54, 1.807) is 0 Å². The van der Waals surface area contributed by atoms with Crippen molar-refractivity contribution in [2.45, 2.75) is 32.7 Å². The van der Waals surface area contributed by atoms with Crippen molar-refractivity contribution in [3.05, 3.63) is 103 Å². The molecule has 4 aromatic rings. The highest BCUT2D eigenvalue weighted by Gasteiger charge is 2.26. The van der Waals surface area contributed by atoms with Crippen LogP contribution in [0.3, 0.4) is 0 Å². The topological polar surface area (TPSA) is 3.88 Å². The highest BCUT2D eigenvalue weighted by Crippen LogP contribution is 2.31. The van der Waals surface area contributed by atoms with Gasteiger partial charge in [0, 0.05) is 29.7 Å². The van der Waals surface area contributed by atoms with Crippen molar-refractivity contribution in [1.29, 1.82) is 0 Å². The van der Waals surface area contributed by atoms with E-state index in [1.165, 1.54) is 33.6 Å². The molecule has 0 N–H and O–H groups in total. The van der Waals surface area contributed by atoms with Crippen molar-refractivity contribution < 1.29 is 21.8 Å². The summed E-state index contributed by atoms with van der Waals surface area (Å²) in [5.74, 6) is 0. The fourth-order valence-corrected chi connectivity index (χ4v) is 4.09. The van der Waals surface area contributed by atoms with Crippen LogP contribution in [0, 0.1) is 0 Å². The lowest BCUT2D eigenvalue weighted by atomic mass is 9.97. The Balaban J connectivity index is 0.000000588. The van der Waals surface area contributed by atoms with Crippen LogP contribution >= 0.6 is 0 Å². The van der Waals surface area contributed by atoms with Crippen molar-refractivity contribution in [2.75, 3.05) is 0 Å². The summed E-state index contributed by atoms with van der Waals surface area (Å²) in [7, 11) is -6.00. The first-order valence-electron chi connectivity index (χ1n) is 11.4. The molecule has 0 bridgehead atoms. The van der Waals surface area contributed by atoms with Crippen molar-refractivity contribution in [2.24, 2.45) is 0 Å². The third-order valence-electron chi connectivity index (χ3n) is 5.50. The maximum absolute atomic E-state index is 9.75. The Morgan fingerprint density at radius 1 is 0.618 bits per heavy atom. The lowest BCUT2D eigenvalue weighted by molar-refractivity contribution is -0.699. The predicted molar refractivity (Wildman–Crippen MR) is 133 cm³/mol. The van der Waals surface area contributed by atoms with E-state index >= 15 is 0 Å². The molecule has 1 heterocycles. The number of rotatable bonds is 6. The van der Waals surface area contributed by atoms with Crippen LogP contribution in [-0.4, -0.2) is 7.25 Å². The van der Waals surface area contributed by atoms with Gasteiger partial charge in [-0.1, -0.05) is 73.7 Å². The fraction of sp³-hybridized carbons (Fsp3) is 0.179. The van der Waals surface area contributed by atoms with Crippen LogP contribution in [0.4, 0.5) is 17.3 Å². The highest BCUT2D eigenvalue weighted by molar-refractivity contribution is 6.50. The van der Waals surface area contributed by atoms with Crippen molar-refractivity contribution in [1.82, 2.24) is 0 Å². The first-order chi connectivity index (χ1) is 16.3. The standard InChI is InChI=1S/C28H28N.BF4/c1-3-13-22(2)29-27(24-16-9-5-10-17-24)20-26(23-14-7-4-8-15-23)21-28(29)25-18-11-6-12-19-25;2-1(3,4)5/h4-12,14-22H,3,13H2,1-2H3;/q+1;-1. The second-order valence-corrected chi connectivity index (χ2v) is 8.12. The summed E-state index contributed by atoms with van der Waals surface area (Å²) >= 11 is 0. The third-order valence-corrected chi connectivity index (χ3v) is 5.50. The van der Waals surface area contributed by atoms with Crippen molar-refractivity contribution in [3.63, 3.8) is 0 Å². The first kappa shape index (κ1) is 25.2. The molecule has 1 atom stereocenters. The molecule has 0 aliphatic rings. The minimum atomic E-state index is -6.00. The summed E-state index contributed by atoms with van der Waals surface area (Å²) in [4.78, 5) is 0. The molecule has 1 aromatic heterocycles. The average Bonchev–Trinajstić information content (AvgIpc) is 2.84. The summed E-state index contributed by atoms with van der Waals surface area (Å²) in [6.07, 6.45) is 2.31. The minimum absolute atomic E-state index is 0.412. The highest BCUT2D eigenvalue weighted by atomic mass is 19.5. The van der Waals surface area contributed by atoms with Gasteiger partial charge in [-0.15, -0.1) is 0 Å². The van der Waals surface area contributed by atoms with Crippen LogP contribution in [0.5, 0.6) is 0 Å². The van der Waals surface area contributed by atoms with E-state index in [4.69, 9.17) is 0 Å². The van der Waals surface area contributed by atoms with E-state index in [2.05, 4.69) is 122 Å². The first-order valence-corrected chi connectivity index (χ1v) is 11.4. The van der Waals surface area contributed by atoms with Crippen LogP contribution in [0.15, 0.2) is 103 Å². The smallest absolute Gasteiger partial charge is 0.418 e. The zero-order valence-corrected chi connectivity index (χ0v) is 19.3. The molecule has 3 aromatic carbocycles. The van der Waals surface area contributed by atoms with Gasteiger partial charge in [0.2, 0.25) is 11.4 Å². The average molecular weight is 465 g/mol. The molecular weight excluding hydrogens is 437 g/mol. The van der Waals surface area contributed by atoms with Gasteiger partial charge < -0.3 is 17.3 Å². The summed E-state index contributed by atoms with van der Waals surface area (Å²) in [5, 5.41) is 0. The molecule has 0 saturated carbocycles. The Labute approximate surface area is 198 Å². The Morgan fingerprint density at radius 3 is 1.32 bits per heavy atom. The molecule has 0 aliphatic carbocycles. The van der Waals surface area contributed by atoms with Crippen LogP contribution < -0.4 is 4.57 Å². The van der Waals surface area contributed by atoms with Crippen LogP contribution in [0.25, 0.3) is 33.6 Å². The number of halogens is 4. The zero-order valence-electron chi connectivity index (χ0n) is 19.3. The van der Waals surface area contributed by atoms with E-state index in [9.17, 15) is 17.3 Å². The minimum Gasteiger partial charge on any atom is -0.418 e. The van der Waals surface area contributed by atoms with E-state index in [-0.39, 0.29) is 0 Å². The van der Waals surface area contributed by atoms with E-state index in [0.29, 0.717) is 6.04 Å². The van der Waals surface area contributed by atoms with Crippen LogP contribution in [-0.2, 0) is 0 Å². The van der Waals surface area contributed by atoms with Crippen molar-refractivity contribution in [3.8, 4) is 33.6 Å². The van der Waals surface area contributed by atoms with Crippen molar-refractivity contribution >= 4 is 7.25 Å². The third kappa shape index (κ3) is 7.04. The molecule has 4 rings (SSSR count). The summed E-state index contributed by atoms with van der Waals surface area (Å²) in [6.45, 7) is 4.60. The molecule has 0 amide bonds.